The van der Waals surface area contributed by atoms with Gasteiger partial charge in [0.1, 0.15) is 0 Å². The molecule has 0 radical (unpaired) electrons. The Bertz CT molecular complexity index is 708. The summed E-state index contributed by atoms with van der Waals surface area (Å²) in [6.07, 6.45) is -3.86. The molecule has 1 heterocycles. The van der Waals surface area contributed by atoms with Crippen molar-refractivity contribution in [3.05, 3.63) is 42.1 Å². The van der Waals surface area contributed by atoms with Gasteiger partial charge in [0.15, 0.2) is 5.25 Å². The van der Waals surface area contributed by atoms with Crippen molar-refractivity contribution >= 4 is 20.9 Å². The molecule has 1 aromatic heterocycles. The molecule has 0 saturated carbocycles. The largest absolute Gasteiger partial charge is 0.410 e. The summed E-state index contributed by atoms with van der Waals surface area (Å²) in [4.78, 5) is 3.89. The van der Waals surface area contributed by atoms with Gasteiger partial charge in [-0.05, 0) is 17.7 Å². The molecule has 0 spiro atoms. The molecule has 1 aromatic carbocycles. The van der Waals surface area contributed by atoms with Crippen LogP contribution in [0.25, 0.3) is 10.9 Å². The third-order valence-electron chi connectivity index (χ3n) is 2.59. The van der Waals surface area contributed by atoms with Crippen LogP contribution in [0.2, 0.25) is 0 Å². The number of nitrogens with two attached hydrogens (primary N) is 1. The summed E-state index contributed by atoms with van der Waals surface area (Å²) in [6, 6.07) is 6.99. The molecular weight excluding hydrogens is 281 g/mol. The molecule has 0 fully saturated rings. The van der Waals surface area contributed by atoms with E-state index in [2.05, 4.69) is 4.98 Å². The molecule has 0 amide bonds. The van der Waals surface area contributed by atoms with Crippen LogP contribution in [0.4, 0.5) is 13.2 Å². The van der Waals surface area contributed by atoms with Gasteiger partial charge in [-0.2, -0.15) is 13.2 Å². The average Bonchev–Trinajstić information content (AvgIpc) is 2.25. The SMILES string of the molecule is NS(=O)(=O)C(c1ccnc2ccccc12)C(F)(F)F. The minimum atomic E-state index is -4.99. The first kappa shape index (κ1) is 13.8. The fraction of sp³-hybridized carbons (Fsp3) is 0.182. The monoisotopic (exact) mass is 290 g/mol. The van der Waals surface area contributed by atoms with Crippen molar-refractivity contribution in [2.24, 2.45) is 5.14 Å². The lowest BCUT2D eigenvalue weighted by atomic mass is 10.1. The minimum absolute atomic E-state index is 0.112. The highest BCUT2D eigenvalue weighted by molar-refractivity contribution is 7.89. The summed E-state index contributed by atoms with van der Waals surface area (Å²) in [7, 11) is -4.82. The number of primary sulfonamides is 1. The van der Waals surface area contributed by atoms with Crippen molar-refractivity contribution in [3.8, 4) is 0 Å². The Morgan fingerprint density at radius 1 is 1.16 bits per heavy atom. The Hall–Kier alpha value is -1.67. The van der Waals surface area contributed by atoms with E-state index in [1.807, 2.05) is 0 Å². The second kappa shape index (κ2) is 4.46. The van der Waals surface area contributed by atoms with Crippen LogP contribution in [-0.4, -0.2) is 19.6 Å². The molecule has 0 aliphatic rings. The maximum atomic E-state index is 13.0. The Morgan fingerprint density at radius 3 is 2.37 bits per heavy atom. The van der Waals surface area contributed by atoms with Crippen molar-refractivity contribution < 1.29 is 21.6 Å². The summed E-state index contributed by atoms with van der Waals surface area (Å²) < 4.78 is 61.4. The lowest BCUT2D eigenvalue weighted by Gasteiger charge is -2.19. The number of alkyl halides is 3. The Morgan fingerprint density at radius 2 is 1.79 bits per heavy atom. The first-order valence-electron chi connectivity index (χ1n) is 5.13. The number of aromatic nitrogens is 1. The van der Waals surface area contributed by atoms with E-state index in [0.29, 0.717) is 0 Å². The van der Waals surface area contributed by atoms with Crippen LogP contribution in [0.15, 0.2) is 36.5 Å². The van der Waals surface area contributed by atoms with E-state index in [1.54, 1.807) is 6.07 Å². The number of rotatable bonds is 2. The molecule has 2 rings (SSSR count). The topological polar surface area (TPSA) is 73.1 Å². The first-order valence-corrected chi connectivity index (χ1v) is 6.74. The molecule has 0 aliphatic carbocycles. The van der Waals surface area contributed by atoms with Gasteiger partial charge in [-0.15, -0.1) is 0 Å². The number of benzene rings is 1. The van der Waals surface area contributed by atoms with E-state index in [0.717, 1.165) is 12.3 Å². The van der Waals surface area contributed by atoms with Gasteiger partial charge in [-0.1, -0.05) is 18.2 Å². The van der Waals surface area contributed by atoms with Crippen molar-refractivity contribution in [1.29, 1.82) is 0 Å². The highest BCUT2D eigenvalue weighted by Crippen LogP contribution is 2.40. The quantitative estimate of drug-likeness (QED) is 0.920. The lowest BCUT2D eigenvalue weighted by molar-refractivity contribution is -0.131. The van der Waals surface area contributed by atoms with Crippen LogP contribution in [0.1, 0.15) is 10.8 Å². The van der Waals surface area contributed by atoms with Crippen molar-refractivity contribution in [3.63, 3.8) is 0 Å². The summed E-state index contributed by atoms with van der Waals surface area (Å²) in [6.45, 7) is 0. The van der Waals surface area contributed by atoms with Crippen LogP contribution < -0.4 is 5.14 Å². The van der Waals surface area contributed by atoms with Crippen molar-refractivity contribution in [1.82, 2.24) is 4.98 Å². The first-order chi connectivity index (χ1) is 8.71. The fourth-order valence-electron chi connectivity index (χ4n) is 1.89. The number of nitrogens with zero attached hydrogens (tertiary/aromatic N) is 1. The van der Waals surface area contributed by atoms with Gasteiger partial charge >= 0.3 is 6.18 Å². The second-order valence-electron chi connectivity index (χ2n) is 3.93. The van der Waals surface area contributed by atoms with Gasteiger partial charge in [0.05, 0.1) is 5.52 Å². The summed E-state index contributed by atoms with van der Waals surface area (Å²) in [5.74, 6) is 0. The molecule has 19 heavy (non-hydrogen) atoms. The van der Waals surface area contributed by atoms with Crippen LogP contribution in [0.5, 0.6) is 0 Å². The maximum absolute atomic E-state index is 13.0. The molecule has 0 saturated heterocycles. The van der Waals surface area contributed by atoms with Gasteiger partial charge in [0.2, 0.25) is 10.0 Å². The van der Waals surface area contributed by atoms with Gasteiger partial charge in [0.25, 0.3) is 0 Å². The Kier molecular flexibility index (Phi) is 3.23. The molecule has 2 N–H and O–H groups in total. The van der Waals surface area contributed by atoms with Crippen LogP contribution in [0.3, 0.4) is 0 Å². The molecular formula is C11H9F3N2O2S. The van der Waals surface area contributed by atoms with E-state index in [-0.39, 0.29) is 10.9 Å². The molecule has 4 nitrogen and oxygen atoms in total. The zero-order chi connectivity index (χ0) is 14.3. The van der Waals surface area contributed by atoms with Crippen LogP contribution >= 0.6 is 0 Å². The molecule has 1 atom stereocenters. The number of fused-ring (bicyclic) bond motifs is 1. The number of hydrogen-bond donors (Lipinski definition) is 1. The molecule has 2 aromatic rings. The smallest absolute Gasteiger partial charge is 0.256 e. The highest BCUT2D eigenvalue weighted by atomic mass is 32.2. The maximum Gasteiger partial charge on any atom is 0.410 e. The van der Waals surface area contributed by atoms with E-state index in [4.69, 9.17) is 5.14 Å². The molecule has 1 unspecified atom stereocenters. The number of sulfonamides is 1. The van der Waals surface area contributed by atoms with E-state index >= 15 is 0 Å². The predicted molar refractivity (Wildman–Crippen MR) is 63.6 cm³/mol. The second-order valence-corrected chi connectivity index (χ2v) is 5.58. The standard InChI is InChI=1S/C11H9F3N2O2S/c12-11(13,14)10(19(15,17)18)8-5-6-16-9-4-2-1-3-7(8)9/h1-6,10H,(H2,15,17,18). The van der Waals surface area contributed by atoms with Crippen LogP contribution in [-0.2, 0) is 10.0 Å². The molecule has 8 heteroatoms. The summed E-state index contributed by atoms with van der Waals surface area (Å²) in [5, 5.41) is 2.08. The van der Waals surface area contributed by atoms with Crippen molar-refractivity contribution in [2.75, 3.05) is 0 Å². The zero-order valence-corrected chi connectivity index (χ0v) is 10.2. The van der Waals surface area contributed by atoms with Crippen LogP contribution in [0, 0.1) is 0 Å². The number of para-hydroxylation sites is 1. The van der Waals surface area contributed by atoms with E-state index in [1.165, 1.54) is 18.2 Å². The Balaban J connectivity index is 2.78. The third-order valence-corrected chi connectivity index (χ3v) is 3.77. The number of pyridine rings is 1. The van der Waals surface area contributed by atoms with E-state index < -0.39 is 27.0 Å². The summed E-state index contributed by atoms with van der Waals surface area (Å²) in [5.41, 5.74) is -0.140. The minimum Gasteiger partial charge on any atom is -0.256 e. The van der Waals surface area contributed by atoms with E-state index in [9.17, 15) is 21.6 Å². The van der Waals surface area contributed by atoms with Gasteiger partial charge in [0, 0.05) is 11.6 Å². The predicted octanol–water partition coefficient (Wildman–Crippen LogP) is 2.13. The fourth-order valence-corrected chi connectivity index (χ4v) is 2.82. The normalized spacial score (nSPS) is 14.5. The highest BCUT2D eigenvalue weighted by Gasteiger charge is 2.49. The molecule has 102 valence electrons. The van der Waals surface area contributed by atoms with Gasteiger partial charge < -0.3 is 0 Å². The lowest BCUT2D eigenvalue weighted by Crippen LogP contribution is -2.33. The van der Waals surface area contributed by atoms with Gasteiger partial charge in [-0.3, -0.25) is 4.98 Å². The zero-order valence-electron chi connectivity index (χ0n) is 9.42. The third kappa shape index (κ3) is 2.69. The molecule has 0 aliphatic heterocycles. The summed E-state index contributed by atoms with van der Waals surface area (Å²) >= 11 is 0. The average molecular weight is 290 g/mol. The number of hydrogen-bond acceptors (Lipinski definition) is 3. The molecule has 0 bridgehead atoms. The van der Waals surface area contributed by atoms with Gasteiger partial charge in [-0.25, -0.2) is 13.6 Å². The Labute approximate surface area is 107 Å². The number of halogens is 3. The van der Waals surface area contributed by atoms with Crippen molar-refractivity contribution in [2.45, 2.75) is 11.4 Å².